The van der Waals surface area contributed by atoms with E-state index in [-0.39, 0.29) is 0 Å². The van der Waals surface area contributed by atoms with Crippen molar-refractivity contribution in [1.29, 1.82) is 5.26 Å². The highest BCUT2D eigenvalue weighted by atomic mass is 28.4. The van der Waals surface area contributed by atoms with E-state index < -0.39 is 8.80 Å². The van der Waals surface area contributed by atoms with Crippen molar-refractivity contribution < 1.29 is 13.3 Å². The van der Waals surface area contributed by atoms with Crippen LogP contribution in [0.4, 0.5) is 0 Å². The molecule has 0 radical (unpaired) electrons. The summed E-state index contributed by atoms with van der Waals surface area (Å²) < 4.78 is 16.5. The van der Waals surface area contributed by atoms with Crippen molar-refractivity contribution in [1.82, 2.24) is 0 Å². The van der Waals surface area contributed by atoms with E-state index in [4.69, 9.17) is 18.5 Å². The third-order valence-electron chi connectivity index (χ3n) is 3.10. The SMILES string of the molecule is CCO[Si](C#N)(OCC)OCCC1CCCC1. The average Bonchev–Trinajstić information content (AvgIpc) is 2.82. The summed E-state index contributed by atoms with van der Waals surface area (Å²) in [4.78, 5) is 0. The van der Waals surface area contributed by atoms with Gasteiger partial charge in [0.15, 0.2) is 0 Å². The molecule has 0 N–H and O–H groups in total. The molecule has 17 heavy (non-hydrogen) atoms. The Morgan fingerprint density at radius 3 is 2.18 bits per heavy atom. The van der Waals surface area contributed by atoms with Gasteiger partial charge in [-0.3, -0.25) is 0 Å². The fraction of sp³-hybridized carbons (Fsp3) is 0.917. The van der Waals surface area contributed by atoms with Crippen LogP contribution in [-0.4, -0.2) is 28.6 Å². The normalized spacial score (nSPS) is 17.2. The first-order chi connectivity index (χ1) is 8.26. The van der Waals surface area contributed by atoms with E-state index in [0.29, 0.717) is 19.8 Å². The maximum Gasteiger partial charge on any atom is 0.619 e. The van der Waals surface area contributed by atoms with Crippen LogP contribution in [0.15, 0.2) is 0 Å². The molecule has 0 heterocycles. The van der Waals surface area contributed by atoms with E-state index >= 15 is 0 Å². The van der Waals surface area contributed by atoms with Crippen LogP contribution in [0.3, 0.4) is 0 Å². The Kier molecular flexibility index (Phi) is 6.74. The highest BCUT2D eigenvalue weighted by Gasteiger charge is 2.42. The van der Waals surface area contributed by atoms with Gasteiger partial charge in [-0.2, -0.15) is 5.26 Å². The molecular weight excluding hydrogens is 234 g/mol. The molecule has 5 heteroatoms. The first-order valence-electron chi connectivity index (χ1n) is 6.59. The number of nitriles is 1. The summed E-state index contributed by atoms with van der Waals surface area (Å²) in [7, 11) is -3.04. The monoisotopic (exact) mass is 257 g/mol. The van der Waals surface area contributed by atoms with Gasteiger partial charge in [-0.25, -0.2) is 0 Å². The number of rotatable bonds is 8. The predicted octanol–water partition coefficient (Wildman–Crippen LogP) is 2.66. The molecule has 4 nitrogen and oxygen atoms in total. The molecule has 1 aliphatic carbocycles. The van der Waals surface area contributed by atoms with Crippen LogP contribution in [0.5, 0.6) is 0 Å². The van der Waals surface area contributed by atoms with Gasteiger partial charge in [-0.15, -0.1) is 0 Å². The zero-order valence-corrected chi connectivity index (χ0v) is 11.9. The smallest absolute Gasteiger partial charge is 0.363 e. The first-order valence-corrected chi connectivity index (χ1v) is 8.32. The van der Waals surface area contributed by atoms with E-state index in [1.165, 1.54) is 25.7 Å². The Bertz CT molecular complexity index is 243. The molecule has 1 rings (SSSR count). The fourth-order valence-corrected chi connectivity index (χ4v) is 3.85. The Morgan fingerprint density at radius 1 is 1.12 bits per heavy atom. The minimum absolute atomic E-state index is 0.462. The van der Waals surface area contributed by atoms with Crippen LogP contribution in [0.25, 0.3) is 0 Å². The van der Waals surface area contributed by atoms with Gasteiger partial charge in [0.25, 0.3) is 0 Å². The largest absolute Gasteiger partial charge is 0.619 e. The van der Waals surface area contributed by atoms with E-state index in [2.05, 4.69) is 5.69 Å². The van der Waals surface area contributed by atoms with Crippen LogP contribution < -0.4 is 0 Å². The molecule has 0 aliphatic heterocycles. The van der Waals surface area contributed by atoms with Crippen molar-refractivity contribution >= 4 is 8.80 Å². The van der Waals surface area contributed by atoms with Crippen LogP contribution in [0.2, 0.25) is 0 Å². The Balaban J connectivity index is 2.34. The quantitative estimate of drug-likeness (QED) is 0.627. The minimum Gasteiger partial charge on any atom is -0.363 e. The molecule has 0 saturated heterocycles. The maximum atomic E-state index is 9.17. The van der Waals surface area contributed by atoms with Crippen molar-refractivity contribution in [3.05, 3.63) is 0 Å². The molecule has 0 unspecified atom stereocenters. The summed E-state index contributed by atoms with van der Waals surface area (Å²) in [5.41, 5.74) is 2.12. The van der Waals surface area contributed by atoms with Crippen LogP contribution in [-0.2, 0) is 13.3 Å². The fourth-order valence-electron chi connectivity index (χ4n) is 2.26. The number of hydrogen-bond donors (Lipinski definition) is 0. The van der Waals surface area contributed by atoms with Gasteiger partial charge < -0.3 is 13.3 Å². The summed E-state index contributed by atoms with van der Waals surface area (Å²) >= 11 is 0. The molecule has 0 aromatic heterocycles. The topological polar surface area (TPSA) is 51.5 Å². The second-order valence-corrected chi connectivity index (χ2v) is 6.52. The van der Waals surface area contributed by atoms with Crippen molar-refractivity contribution in [3.63, 3.8) is 0 Å². The highest BCUT2D eigenvalue weighted by Crippen LogP contribution is 2.27. The Morgan fingerprint density at radius 2 is 1.71 bits per heavy atom. The van der Waals surface area contributed by atoms with Gasteiger partial charge in [-0.1, -0.05) is 25.7 Å². The van der Waals surface area contributed by atoms with E-state index in [1.54, 1.807) is 0 Å². The zero-order valence-electron chi connectivity index (χ0n) is 10.9. The third kappa shape index (κ3) is 4.76. The highest BCUT2D eigenvalue weighted by molar-refractivity contribution is 6.68. The Hall–Kier alpha value is -0.413. The summed E-state index contributed by atoms with van der Waals surface area (Å²) in [6.45, 7) is 5.23. The standard InChI is InChI=1S/C12H23NO3Si/c1-3-14-17(11-13,15-4-2)16-10-9-12-7-5-6-8-12/h12H,3-10H2,1-2H3. The Labute approximate surface area is 105 Å². The first kappa shape index (κ1) is 14.6. The van der Waals surface area contributed by atoms with Crippen LogP contribution in [0, 0.1) is 16.9 Å². The molecule has 0 spiro atoms. The van der Waals surface area contributed by atoms with Crippen LogP contribution in [0.1, 0.15) is 46.0 Å². The van der Waals surface area contributed by atoms with Crippen molar-refractivity contribution in [2.24, 2.45) is 5.92 Å². The van der Waals surface area contributed by atoms with E-state index in [9.17, 15) is 0 Å². The third-order valence-corrected chi connectivity index (χ3v) is 5.29. The van der Waals surface area contributed by atoms with Gasteiger partial charge in [0.1, 0.15) is 5.69 Å². The molecule has 0 aromatic carbocycles. The second-order valence-electron chi connectivity index (χ2n) is 4.32. The second kappa shape index (κ2) is 7.83. The molecule has 1 fully saturated rings. The molecule has 0 atom stereocenters. The summed E-state index contributed by atoms with van der Waals surface area (Å²) in [6.07, 6.45) is 6.29. The van der Waals surface area contributed by atoms with Crippen molar-refractivity contribution in [3.8, 4) is 5.69 Å². The minimum atomic E-state index is -3.04. The molecule has 0 aromatic rings. The van der Waals surface area contributed by atoms with Gasteiger partial charge in [-0.05, 0) is 26.2 Å². The number of nitrogens with zero attached hydrogens (tertiary/aromatic N) is 1. The lowest BCUT2D eigenvalue weighted by Crippen LogP contribution is -2.45. The molecular formula is C12H23NO3Si. The van der Waals surface area contributed by atoms with E-state index in [0.717, 1.165) is 12.3 Å². The molecule has 1 aliphatic rings. The summed E-state index contributed by atoms with van der Waals surface area (Å²) in [5, 5.41) is 9.17. The van der Waals surface area contributed by atoms with Gasteiger partial charge in [0, 0.05) is 19.8 Å². The molecule has 0 amide bonds. The summed E-state index contributed by atoms with van der Waals surface area (Å²) in [6, 6.07) is 0. The lowest BCUT2D eigenvalue weighted by atomic mass is 10.1. The van der Waals surface area contributed by atoms with Gasteiger partial charge in [0.2, 0.25) is 0 Å². The van der Waals surface area contributed by atoms with Gasteiger partial charge in [0.05, 0.1) is 0 Å². The average molecular weight is 257 g/mol. The predicted molar refractivity (Wildman–Crippen MR) is 67.1 cm³/mol. The summed E-state index contributed by atoms with van der Waals surface area (Å²) in [5.74, 6) is 0.767. The molecule has 98 valence electrons. The van der Waals surface area contributed by atoms with Crippen LogP contribution >= 0.6 is 0 Å². The lowest BCUT2D eigenvalue weighted by molar-refractivity contribution is 0.0772. The molecule has 0 bridgehead atoms. The number of hydrogen-bond acceptors (Lipinski definition) is 4. The zero-order chi connectivity index (χ0) is 12.6. The maximum absolute atomic E-state index is 9.17. The van der Waals surface area contributed by atoms with Gasteiger partial charge >= 0.3 is 8.80 Å². The lowest BCUT2D eigenvalue weighted by Gasteiger charge is -2.22. The van der Waals surface area contributed by atoms with Crippen molar-refractivity contribution in [2.45, 2.75) is 46.0 Å². The van der Waals surface area contributed by atoms with E-state index in [1.807, 2.05) is 13.8 Å². The van der Waals surface area contributed by atoms with Crippen molar-refractivity contribution in [2.75, 3.05) is 19.8 Å². The molecule has 1 saturated carbocycles.